The van der Waals surface area contributed by atoms with E-state index in [2.05, 4.69) is 5.32 Å². The van der Waals surface area contributed by atoms with Crippen molar-refractivity contribution in [2.75, 3.05) is 32.1 Å². The van der Waals surface area contributed by atoms with Gasteiger partial charge in [0, 0.05) is 25.4 Å². The van der Waals surface area contributed by atoms with Gasteiger partial charge >= 0.3 is 0 Å². The highest BCUT2D eigenvalue weighted by Gasteiger charge is 2.37. The largest absolute Gasteiger partial charge is 0.486 e. The summed E-state index contributed by atoms with van der Waals surface area (Å²) in [5.74, 6) is -0.560. The van der Waals surface area contributed by atoms with E-state index in [4.69, 9.17) is 4.74 Å². The molecule has 1 heterocycles. The van der Waals surface area contributed by atoms with E-state index in [-0.39, 0.29) is 59.6 Å². The molecule has 9 nitrogen and oxygen atoms in total. The number of hydrogen-bond donors (Lipinski definition) is 2. The van der Waals surface area contributed by atoms with Crippen LogP contribution in [-0.2, 0) is 14.8 Å². The van der Waals surface area contributed by atoms with Crippen molar-refractivity contribution in [1.82, 2.24) is 9.21 Å². The molecule has 37 heavy (non-hydrogen) atoms. The lowest BCUT2D eigenvalue weighted by atomic mass is 9.99. The molecule has 2 amide bonds. The Morgan fingerprint density at radius 2 is 1.89 bits per heavy atom. The number of aliphatic hydroxyl groups is 1. The summed E-state index contributed by atoms with van der Waals surface area (Å²) in [6.45, 7) is 5.60. The van der Waals surface area contributed by atoms with Crippen LogP contribution in [-0.4, -0.2) is 73.4 Å². The third-order valence-electron chi connectivity index (χ3n) is 7.06. The van der Waals surface area contributed by atoms with Crippen LogP contribution in [0.1, 0.15) is 42.6 Å². The van der Waals surface area contributed by atoms with Gasteiger partial charge in [-0.15, -0.1) is 0 Å². The number of fused-ring (bicyclic) bond motifs is 1. The Morgan fingerprint density at radius 3 is 2.51 bits per heavy atom. The van der Waals surface area contributed by atoms with Crippen LogP contribution in [0.15, 0.2) is 47.4 Å². The number of aliphatic hydroxyl groups excluding tert-OH is 1. The molecule has 10 heteroatoms. The minimum absolute atomic E-state index is 0.0251. The molecule has 0 saturated heterocycles. The van der Waals surface area contributed by atoms with Crippen molar-refractivity contribution in [3.63, 3.8) is 0 Å². The number of rotatable bonds is 8. The number of ether oxygens (including phenoxy) is 1. The van der Waals surface area contributed by atoms with Crippen molar-refractivity contribution < 1.29 is 27.9 Å². The highest BCUT2D eigenvalue weighted by molar-refractivity contribution is 7.89. The monoisotopic (exact) mass is 529 g/mol. The fourth-order valence-corrected chi connectivity index (χ4v) is 5.56. The van der Waals surface area contributed by atoms with Crippen molar-refractivity contribution in [3.8, 4) is 5.75 Å². The zero-order valence-corrected chi connectivity index (χ0v) is 22.5. The Bertz CT molecular complexity index is 1260. The molecule has 2 aliphatic rings. The molecule has 4 rings (SSSR count). The Hall–Kier alpha value is -2.95. The number of sulfonamides is 1. The van der Waals surface area contributed by atoms with Crippen LogP contribution in [0, 0.1) is 18.8 Å². The fourth-order valence-electron chi connectivity index (χ4n) is 4.38. The van der Waals surface area contributed by atoms with Gasteiger partial charge in [0.25, 0.3) is 5.91 Å². The lowest BCUT2D eigenvalue weighted by Crippen LogP contribution is -2.50. The van der Waals surface area contributed by atoms with Crippen molar-refractivity contribution >= 4 is 27.5 Å². The zero-order valence-electron chi connectivity index (χ0n) is 21.7. The van der Waals surface area contributed by atoms with E-state index in [1.54, 1.807) is 54.3 Å². The summed E-state index contributed by atoms with van der Waals surface area (Å²) in [6, 6.07) is 11.2. The van der Waals surface area contributed by atoms with Crippen LogP contribution >= 0.6 is 0 Å². The number of hydrogen-bond acceptors (Lipinski definition) is 6. The van der Waals surface area contributed by atoms with Crippen LogP contribution in [0.3, 0.4) is 0 Å². The van der Waals surface area contributed by atoms with Crippen molar-refractivity contribution in [2.24, 2.45) is 11.8 Å². The summed E-state index contributed by atoms with van der Waals surface area (Å²) >= 11 is 0. The Morgan fingerprint density at radius 1 is 1.22 bits per heavy atom. The van der Waals surface area contributed by atoms with Gasteiger partial charge in [-0.25, -0.2) is 8.42 Å². The van der Waals surface area contributed by atoms with Gasteiger partial charge < -0.3 is 20.1 Å². The third kappa shape index (κ3) is 5.81. The third-order valence-corrected chi connectivity index (χ3v) is 8.90. The lowest BCUT2D eigenvalue weighted by molar-refractivity contribution is -0.117. The molecule has 2 aromatic rings. The number of carbonyl (C=O) groups excluding carboxylic acids is 2. The van der Waals surface area contributed by atoms with Gasteiger partial charge in [0.1, 0.15) is 6.10 Å². The van der Waals surface area contributed by atoms with E-state index in [1.165, 1.54) is 11.4 Å². The summed E-state index contributed by atoms with van der Waals surface area (Å²) in [7, 11) is -2.29. The predicted molar refractivity (Wildman–Crippen MR) is 140 cm³/mol. The highest BCUT2D eigenvalue weighted by Crippen LogP contribution is 2.37. The number of nitrogens with zero attached hydrogens (tertiary/aromatic N) is 2. The quantitative estimate of drug-likeness (QED) is 0.543. The molecular formula is C27H35N3O6S. The van der Waals surface area contributed by atoms with Gasteiger partial charge in [0.2, 0.25) is 15.9 Å². The summed E-state index contributed by atoms with van der Waals surface area (Å²) in [4.78, 5) is 27.9. The maximum atomic E-state index is 13.5. The molecule has 1 saturated carbocycles. The summed E-state index contributed by atoms with van der Waals surface area (Å²) in [5.41, 5.74) is 1.59. The standard InChI is InChI=1S/C27H35N3O6S/c1-17-8-12-21(13-9-17)37(34,35)29(4)15-24-18(2)14-30(19(3)16-31)27(33)22-6-5-7-23(25(22)36-24)28-26(32)20-10-11-20/h5-9,12-13,18-20,24,31H,10-11,14-16H2,1-4H3,(H,28,32)/t18-,19-,24-/m1/s1. The molecule has 0 spiro atoms. The number of aryl methyl sites for hydroxylation is 1. The SMILES string of the molecule is Cc1ccc(S(=O)(=O)N(C)C[C@H]2Oc3c(NC(=O)C4CC4)cccc3C(=O)N([C@H](C)CO)C[C@H]2C)cc1. The molecule has 3 atom stereocenters. The minimum Gasteiger partial charge on any atom is -0.486 e. The van der Waals surface area contributed by atoms with Crippen molar-refractivity contribution in [1.29, 1.82) is 0 Å². The molecule has 1 fully saturated rings. The van der Waals surface area contributed by atoms with E-state index < -0.39 is 22.2 Å². The van der Waals surface area contributed by atoms with E-state index >= 15 is 0 Å². The van der Waals surface area contributed by atoms with Crippen molar-refractivity contribution in [2.45, 2.75) is 50.7 Å². The summed E-state index contributed by atoms with van der Waals surface area (Å²) < 4.78 is 34.3. The number of benzene rings is 2. The van der Waals surface area contributed by atoms with Crippen LogP contribution in [0.4, 0.5) is 5.69 Å². The molecule has 200 valence electrons. The molecule has 0 aromatic heterocycles. The zero-order chi connectivity index (χ0) is 26.9. The predicted octanol–water partition coefficient (Wildman–Crippen LogP) is 2.88. The number of para-hydroxylation sites is 1. The van der Waals surface area contributed by atoms with Gasteiger partial charge in [-0.2, -0.15) is 4.31 Å². The maximum Gasteiger partial charge on any atom is 0.258 e. The van der Waals surface area contributed by atoms with Crippen LogP contribution in [0.25, 0.3) is 0 Å². The molecule has 0 unspecified atom stereocenters. The Balaban J connectivity index is 1.70. The normalized spacial score (nSPS) is 21.0. The average molecular weight is 530 g/mol. The van der Waals surface area contributed by atoms with Gasteiger partial charge in [0.15, 0.2) is 5.75 Å². The first-order valence-corrected chi connectivity index (χ1v) is 14.0. The van der Waals surface area contributed by atoms with E-state index in [1.807, 2.05) is 13.8 Å². The first-order valence-electron chi connectivity index (χ1n) is 12.6. The van der Waals surface area contributed by atoms with Crippen LogP contribution in [0.5, 0.6) is 5.75 Å². The molecule has 1 aliphatic carbocycles. The number of likely N-dealkylation sites (N-methyl/N-ethyl adjacent to an activating group) is 1. The molecule has 1 aliphatic heterocycles. The summed E-state index contributed by atoms with van der Waals surface area (Å²) in [6.07, 6.45) is 1.01. The van der Waals surface area contributed by atoms with E-state index in [0.717, 1.165) is 18.4 Å². The van der Waals surface area contributed by atoms with Crippen molar-refractivity contribution in [3.05, 3.63) is 53.6 Å². The second-order valence-electron chi connectivity index (χ2n) is 10.2. The number of carbonyl (C=O) groups is 2. The van der Waals surface area contributed by atoms with E-state index in [9.17, 15) is 23.1 Å². The average Bonchev–Trinajstić information content (AvgIpc) is 3.72. The van der Waals surface area contributed by atoms with Gasteiger partial charge in [-0.1, -0.05) is 30.7 Å². The number of anilines is 1. The van der Waals surface area contributed by atoms with Gasteiger partial charge in [-0.05, 0) is 51.0 Å². The lowest BCUT2D eigenvalue weighted by Gasteiger charge is -2.38. The topological polar surface area (TPSA) is 116 Å². The Kier molecular flexibility index (Phi) is 7.91. The first-order chi connectivity index (χ1) is 17.5. The van der Waals surface area contributed by atoms with Crippen LogP contribution in [0.2, 0.25) is 0 Å². The number of amides is 2. The molecule has 2 N–H and O–H groups in total. The van der Waals surface area contributed by atoms with E-state index in [0.29, 0.717) is 5.69 Å². The maximum absolute atomic E-state index is 13.5. The molecule has 0 bridgehead atoms. The Labute approximate surface area is 218 Å². The molecular weight excluding hydrogens is 494 g/mol. The summed E-state index contributed by atoms with van der Waals surface area (Å²) in [5, 5.41) is 12.7. The van der Waals surface area contributed by atoms with Crippen LogP contribution < -0.4 is 10.1 Å². The van der Waals surface area contributed by atoms with Gasteiger partial charge in [-0.3, -0.25) is 9.59 Å². The second kappa shape index (κ2) is 10.8. The van der Waals surface area contributed by atoms with Gasteiger partial charge in [0.05, 0.1) is 35.3 Å². The first kappa shape index (κ1) is 27.1. The molecule has 2 aromatic carbocycles. The smallest absolute Gasteiger partial charge is 0.258 e. The second-order valence-corrected chi connectivity index (χ2v) is 12.2. The minimum atomic E-state index is -3.79. The number of nitrogens with one attached hydrogen (secondary N) is 1. The fraction of sp³-hybridized carbons (Fsp3) is 0.481. The molecule has 0 radical (unpaired) electrons. The highest BCUT2D eigenvalue weighted by atomic mass is 32.2.